The summed E-state index contributed by atoms with van der Waals surface area (Å²) >= 11 is 1.44. The second-order valence-electron chi connectivity index (χ2n) is 13.2. The zero-order valence-electron chi connectivity index (χ0n) is 28.5. The summed E-state index contributed by atoms with van der Waals surface area (Å²) in [5.41, 5.74) is 3.42. The van der Waals surface area contributed by atoms with E-state index in [2.05, 4.69) is 20.9 Å². The lowest BCUT2D eigenvalue weighted by molar-refractivity contribution is -0.135. The molecule has 47 heavy (non-hydrogen) atoms. The van der Waals surface area contributed by atoms with Crippen molar-refractivity contribution in [3.05, 3.63) is 52.5 Å². The van der Waals surface area contributed by atoms with Gasteiger partial charge < -0.3 is 31.1 Å². The average Bonchev–Trinajstić information content (AvgIpc) is 3.61. The van der Waals surface area contributed by atoms with Crippen molar-refractivity contribution in [2.45, 2.75) is 102 Å². The Morgan fingerprint density at radius 1 is 1.04 bits per heavy atom. The van der Waals surface area contributed by atoms with Crippen LogP contribution in [0.15, 0.2) is 41.2 Å². The molecule has 5 N–H and O–H groups in total. The molecule has 1 unspecified atom stereocenters. The molecule has 1 aromatic heterocycles. The highest BCUT2D eigenvalue weighted by molar-refractivity contribution is 7.07. The van der Waals surface area contributed by atoms with Crippen molar-refractivity contribution in [2.24, 2.45) is 17.8 Å². The van der Waals surface area contributed by atoms with Gasteiger partial charge in [-0.1, -0.05) is 82.2 Å². The van der Waals surface area contributed by atoms with E-state index in [0.717, 1.165) is 49.8 Å². The normalized spacial score (nSPS) is 16.9. The molecule has 2 aromatic rings. The van der Waals surface area contributed by atoms with Crippen LogP contribution in [0.3, 0.4) is 0 Å². The van der Waals surface area contributed by atoms with E-state index >= 15 is 0 Å². The Hall–Kier alpha value is -2.86. The molecule has 0 saturated heterocycles. The van der Waals surface area contributed by atoms with Crippen LogP contribution in [0.25, 0.3) is 0 Å². The highest BCUT2D eigenvalue weighted by Crippen LogP contribution is 2.29. The van der Waals surface area contributed by atoms with Crippen LogP contribution >= 0.6 is 11.3 Å². The number of amides is 3. The van der Waals surface area contributed by atoms with Gasteiger partial charge >= 0.3 is 0 Å². The second kappa shape index (κ2) is 21.2. The van der Waals surface area contributed by atoms with Crippen LogP contribution in [0.1, 0.15) is 82.4 Å². The molecule has 10 nitrogen and oxygen atoms in total. The minimum absolute atomic E-state index is 0.0508. The van der Waals surface area contributed by atoms with Crippen LogP contribution in [0, 0.1) is 17.8 Å². The van der Waals surface area contributed by atoms with Gasteiger partial charge in [-0.05, 0) is 37.8 Å². The first-order valence-corrected chi connectivity index (χ1v) is 18.4. The smallest absolute Gasteiger partial charge is 0.225 e. The van der Waals surface area contributed by atoms with Gasteiger partial charge in [-0.3, -0.25) is 14.4 Å². The number of unbranched alkanes of at least 4 members (excludes halogenated alkanes) is 1. The number of nitrogens with zero attached hydrogens (tertiary/aromatic N) is 2. The lowest BCUT2D eigenvalue weighted by Gasteiger charge is -2.33. The monoisotopic (exact) mass is 671 g/mol. The first-order chi connectivity index (χ1) is 22.7. The fourth-order valence-electron chi connectivity index (χ4n) is 6.36. The average molecular weight is 672 g/mol. The van der Waals surface area contributed by atoms with E-state index < -0.39 is 30.1 Å². The summed E-state index contributed by atoms with van der Waals surface area (Å²) in [6.45, 7) is 3.28. The first kappa shape index (κ1) is 38.6. The number of likely N-dealkylation sites (N-methyl/N-ethyl adjacent to an activating group) is 2. The quantitative estimate of drug-likeness (QED) is 0.136. The van der Waals surface area contributed by atoms with Gasteiger partial charge in [0.2, 0.25) is 17.7 Å². The molecule has 1 heterocycles. The molecule has 1 fully saturated rings. The van der Waals surface area contributed by atoms with Crippen LogP contribution in [-0.4, -0.2) is 89.8 Å². The van der Waals surface area contributed by atoms with E-state index in [9.17, 15) is 24.6 Å². The number of rotatable bonds is 21. The molecule has 1 aliphatic rings. The number of aromatic nitrogens is 1. The van der Waals surface area contributed by atoms with Crippen molar-refractivity contribution in [3.8, 4) is 0 Å². The third-order valence-electron chi connectivity index (χ3n) is 9.37. The van der Waals surface area contributed by atoms with Gasteiger partial charge in [0, 0.05) is 44.9 Å². The SMILES string of the molecule is CCCC[C@H](O)[C@H](O)[C@H](CC1CCCCC1)NC(=O)[C@@H](CNC(=O)C(CC(=O)N(C)CCNC)Cc1ccccc1)Cc1cscn1. The van der Waals surface area contributed by atoms with Crippen LogP contribution in [0.4, 0.5) is 0 Å². The van der Waals surface area contributed by atoms with Crippen molar-refractivity contribution in [1.29, 1.82) is 0 Å². The van der Waals surface area contributed by atoms with Crippen LogP contribution in [0.2, 0.25) is 0 Å². The Morgan fingerprint density at radius 2 is 1.79 bits per heavy atom. The van der Waals surface area contributed by atoms with E-state index in [1.807, 2.05) is 49.7 Å². The molecule has 0 bridgehead atoms. The van der Waals surface area contributed by atoms with Gasteiger partial charge in [0.1, 0.15) is 0 Å². The number of aliphatic hydroxyl groups is 2. The van der Waals surface area contributed by atoms with Gasteiger partial charge in [0.25, 0.3) is 0 Å². The summed E-state index contributed by atoms with van der Waals surface area (Å²) < 4.78 is 0. The molecular weight excluding hydrogens is 614 g/mol. The van der Waals surface area contributed by atoms with Crippen molar-refractivity contribution < 1.29 is 24.6 Å². The number of hydrogen-bond acceptors (Lipinski definition) is 8. The fraction of sp³-hybridized carbons (Fsp3) is 0.667. The number of carbonyl (C=O) groups excluding carboxylic acids is 3. The number of thiazole rings is 1. The van der Waals surface area contributed by atoms with Gasteiger partial charge in [-0.2, -0.15) is 0 Å². The Morgan fingerprint density at radius 3 is 2.45 bits per heavy atom. The van der Waals surface area contributed by atoms with Crippen LogP contribution in [-0.2, 0) is 27.2 Å². The molecule has 11 heteroatoms. The van der Waals surface area contributed by atoms with E-state index in [0.29, 0.717) is 44.7 Å². The van der Waals surface area contributed by atoms with Crippen LogP contribution < -0.4 is 16.0 Å². The van der Waals surface area contributed by atoms with Crippen molar-refractivity contribution in [2.75, 3.05) is 33.7 Å². The van der Waals surface area contributed by atoms with E-state index in [1.165, 1.54) is 17.8 Å². The van der Waals surface area contributed by atoms with Gasteiger partial charge in [0.15, 0.2) is 0 Å². The standard InChI is InChI=1S/C36H57N5O5S/c1-4-5-16-32(42)34(44)31(20-27-14-10-7-11-15-27)40-36(46)29(21-30-24-47-25-39-30)23-38-35(45)28(19-26-12-8-6-9-13-26)22-33(43)41(3)18-17-37-2/h6,8-9,12-13,24-25,27-29,31-32,34,37,42,44H,4-5,7,10-11,14-23H2,1-3H3,(H,38,45)(H,40,46)/t28?,29-,31+,32+,34-/m1/s1. The first-order valence-electron chi connectivity index (χ1n) is 17.5. The summed E-state index contributed by atoms with van der Waals surface area (Å²) in [6, 6.07) is 9.04. The zero-order valence-corrected chi connectivity index (χ0v) is 29.4. The molecule has 1 aliphatic carbocycles. The van der Waals surface area contributed by atoms with E-state index in [1.54, 1.807) is 17.5 Å². The largest absolute Gasteiger partial charge is 0.390 e. The number of hydrogen-bond donors (Lipinski definition) is 5. The lowest BCUT2D eigenvalue weighted by atomic mass is 9.82. The maximum atomic E-state index is 14.0. The zero-order chi connectivity index (χ0) is 34.0. The summed E-state index contributed by atoms with van der Waals surface area (Å²) in [6.07, 6.45) is 7.10. The highest BCUT2D eigenvalue weighted by Gasteiger charge is 2.33. The van der Waals surface area contributed by atoms with E-state index in [4.69, 9.17) is 0 Å². The van der Waals surface area contributed by atoms with Gasteiger partial charge in [0.05, 0.1) is 41.3 Å². The number of benzene rings is 1. The van der Waals surface area contributed by atoms with Gasteiger partial charge in [-0.15, -0.1) is 11.3 Å². The Labute approximate surface area is 285 Å². The number of carbonyl (C=O) groups is 3. The molecule has 3 amide bonds. The maximum Gasteiger partial charge on any atom is 0.225 e. The summed E-state index contributed by atoms with van der Waals surface area (Å²) in [4.78, 5) is 46.8. The topological polar surface area (TPSA) is 144 Å². The maximum absolute atomic E-state index is 14.0. The van der Waals surface area contributed by atoms with Gasteiger partial charge in [-0.25, -0.2) is 4.98 Å². The van der Waals surface area contributed by atoms with Crippen molar-refractivity contribution >= 4 is 29.1 Å². The molecular formula is C36H57N5O5S. The molecule has 0 spiro atoms. The summed E-state index contributed by atoms with van der Waals surface area (Å²) in [5.74, 6) is -1.58. The molecule has 1 aromatic carbocycles. The third-order valence-corrected chi connectivity index (χ3v) is 10.0. The summed E-state index contributed by atoms with van der Waals surface area (Å²) in [5, 5.41) is 33.1. The van der Waals surface area contributed by atoms with Crippen LogP contribution in [0.5, 0.6) is 0 Å². The minimum atomic E-state index is -1.08. The molecule has 1 saturated carbocycles. The third kappa shape index (κ3) is 13.6. The number of nitrogens with one attached hydrogen (secondary N) is 3. The molecule has 3 rings (SSSR count). The van der Waals surface area contributed by atoms with Crippen molar-refractivity contribution in [3.63, 3.8) is 0 Å². The Bertz CT molecular complexity index is 1180. The Balaban J connectivity index is 1.76. The minimum Gasteiger partial charge on any atom is -0.390 e. The van der Waals surface area contributed by atoms with E-state index in [-0.39, 0.29) is 30.7 Å². The predicted molar refractivity (Wildman–Crippen MR) is 187 cm³/mol. The lowest BCUT2D eigenvalue weighted by Crippen LogP contribution is -2.52. The Kier molecular flexibility index (Phi) is 17.4. The fourth-order valence-corrected chi connectivity index (χ4v) is 6.93. The predicted octanol–water partition coefficient (Wildman–Crippen LogP) is 3.71. The highest BCUT2D eigenvalue weighted by atomic mass is 32.1. The molecule has 5 atom stereocenters. The summed E-state index contributed by atoms with van der Waals surface area (Å²) in [7, 11) is 3.57. The number of aliphatic hydroxyl groups excluding tert-OH is 2. The molecule has 0 aliphatic heterocycles. The molecule has 262 valence electrons. The second-order valence-corrected chi connectivity index (χ2v) is 13.9. The molecule has 0 radical (unpaired) electrons. The van der Waals surface area contributed by atoms with Crippen molar-refractivity contribution in [1.82, 2.24) is 25.8 Å².